The Balaban J connectivity index is 1.66. The Hall–Kier alpha value is -3.87. The summed E-state index contributed by atoms with van der Waals surface area (Å²) < 4.78 is 12.4. The van der Waals surface area contributed by atoms with Gasteiger partial charge in [-0.2, -0.15) is 5.10 Å². The number of carbonyl (C=O) groups is 1. The van der Waals surface area contributed by atoms with Crippen molar-refractivity contribution in [2.45, 2.75) is 20.0 Å². The lowest BCUT2D eigenvalue weighted by molar-refractivity contribution is 0.0952. The van der Waals surface area contributed by atoms with Gasteiger partial charge >= 0.3 is 0 Å². The van der Waals surface area contributed by atoms with Crippen LogP contribution >= 0.6 is 0 Å². The van der Waals surface area contributed by atoms with E-state index >= 15 is 0 Å². The minimum Gasteiger partial charge on any atom is -0.493 e. The zero-order valence-electron chi connectivity index (χ0n) is 17.8. The van der Waals surface area contributed by atoms with Gasteiger partial charge in [-0.3, -0.25) is 4.79 Å². The number of ether oxygens (including phenoxy) is 2. The highest BCUT2D eigenvalue weighted by molar-refractivity contribution is 6.06. The van der Waals surface area contributed by atoms with Crippen molar-refractivity contribution in [2.75, 3.05) is 14.2 Å². The van der Waals surface area contributed by atoms with Gasteiger partial charge in [-0.1, -0.05) is 36.4 Å². The largest absolute Gasteiger partial charge is 0.493 e. The van der Waals surface area contributed by atoms with Crippen molar-refractivity contribution < 1.29 is 14.3 Å². The van der Waals surface area contributed by atoms with Crippen molar-refractivity contribution in [3.05, 3.63) is 71.9 Å². The molecular weight excluding hydrogens is 392 g/mol. The molecule has 7 heteroatoms. The molecule has 0 aliphatic heterocycles. The van der Waals surface area contributed by atoms with Crippen LogP contribution in [0.15, 0.2) is 60.8 Å². The van der Waals surface area contributed by atoms with Crippen molar-refractivity contribution in [3.8, 4) is 22.8 Å². The Kier molecular flexibility index (Phi) is 5.84. The monoisotopic (exact) mass is 416 g/mol. The maximum Gasteiger partial charge on any atom is 0.252 e. The number of hydrogen-bond acceptors (Lipinski definition) is 5. The van der Waals surface area contributed by atoms with Crippen molar-refractivity contribution in [1.29, 1.82) is 0 Å². The third kappa shape index (κ3) is 4.07. The fraction of sp³-hybridized carbons (Fsp3) is 0.208. The Bertz CT molecular complexity index is 1220. The standard InChI is InChI=1S/C24H24N4O3/c1-4-28-23-19(15-26-28)18(13-20(27-23)17-8-6-5-7-9-17)24(29)25-14-16-10-11-21(30-2)22(12-16)31-3/h5-13,15H,4,14H2,1-3H3,(H,25,29). The molecule has 2 aromatic carbocycles. The van der Waals surface area contributed by atoms with E-state index < -0.39 is 0 Å². The van der Waals surface area contributed by atoms with Crippen LogP contribution in [0, 0.1) is 0 Å². The normalized spacial score (nSPS) is 10.8. The number of carbonyl (C=O) groups excluding carboxylic acids is 1. The van der Waals surface area contributed by atoms with Gasteiger partial charge in [0.15, 0.2) is 17.1 Å². The van der Waals surface area contributed by atoms with E-state index in [9.17, 15) is 4.79 Å². The second-order valence-electron chi connectivity index (χ2n) is 6.99. The van der Waals surface area contributed by atoms with E-state index in [4.69, 9.17) is 14.5 Å². The predicted molar refractivity (Wildman–Crippen MR) is 119 cm³/mol. The number of hydrogen-bond donors (Lipinski definition) is 1. The lowest BCUT2D eigenvalue weighted by Gasteiger charge is -2.11. The number of aromatic nitrogens is 3. The summed E-state index contributed by atoms with van der Waals surface area (Å²) in [5, 5.41) is 8.13. The Morgan fingerprint density at radius 3 is 2.52 bits per heavy atom. The second kappa shape index (κ2) is 8.87. The molecule has 0 bridgehead atoms. The number of aryl methyl sites for hydroxylation is 1. The second-order valence-corrected chi connectivity index (χ2v) is 6.99. The van der Waals surface area contributed by atoms with Crippen LogP contribution < -0.4 is 14.8 Å². The van der Waals surface area contributed by atoms with Gasteiger partial charge in [0.1, 0.15) is 0 Å². The van der Waals surface area contributed by atoms with Crippen molar-refractivity contribution >= 4 is 16.9 Å². The molecule has 31 heavy (non-hydrogen) atoms. The molecule has 0 saturated heterocycles. The van der Waals surface area contributed by atoms with Gasteiger partial charge < -0.3 is 14.8 Å². The molecule has 0 aliphatic rings. The molecule has 0 unspecified atom stereocenters. The molecule has 0 saturated carbocycles. The number of nitrogens with zero attached hydrogens (tertiary/aromatic N) is 3. The molecule has 0 fully saturated rings. The third-order valence-electron chi connectivity index (χ3n) is 5.12. The van der Waals surface area contributed by atoms with E-state index in [1.807, 2.05) is 61.5 Å². The first-order chi connectivity index (χ1) is 15.1. The van der Waals surface area contributed by atoms with E-state index in [2.05, 4.69) is 10.4 Å². The number of nitrogens with one attached hydrogen (secondary N) is 1. The molecule has 4 rings (SSSR count). The number of rotatable bonds is 7. The molecule has 0 spiro atoms. The van der Waals surface area contributed by atoms with Crippen LogP contribution in [0.3, 0.4) is 0 Å². The summed E-state index contributed by atoms with van der Waals surface area (Å²) >= 11 is 0. The molecule has 4 aromatic rings. The van der Waals surface area contributed by atoms with E-state index in [0.29, 0.717) is 35.8 Å². The summed E-state index contributed by atoms with van der Waals surface area (Å²) in [4.78, 5) is 17.9. The van der Waals surface area contributed by atoms with Gasteiger partial charge in [-0.15, -0.1) is 0 Å². The van der Waals surface area contributed by atoms with E-state index in [0.717, 1.165) is 22.2 Å². The van der Waals surface area contributed by atoms with Crippen LogP contribution in [0.25, 0.3) is 22.3 Å². The molecular formula is C24H24N4O3. The topological polar surface area (TPSA) is 78.3 Å². The van der Waals surface area contributed by atoms with Crippen LogP contribution in [-0.4, -0.2) is 34.9 Å². The smallest absolute Gasteiger partial charge is 0.252 e. The van der Waals surface area contributed by atoms with Gasteiger partial charge in [-0.05, 0) is 30.7 Å². The lowest BCUT2D eigenvalue weighted by atomic mass is 10.1. The first-order valence-corrected chi connectivity index (χ1v) is 10.1. The summed E-state index contributed by atoms with van der Waals surface area (Å²) in [6, 6.07) is 17.2. The highest BCUT2D eigenvalue weighted by Crippen LogP contribution is 2.28. The third-order valence-corrected chi connectivity index (χ3v) is 5.12. The number of benzene rings is 2. The summed E-state index contributed by atoms with van der Waals surface area (Å²) in [5.41, 5.74) is 3.83. The maximum atomic E-state index is 13.2. The molecule has 2 heterocycles. The number of pyridine rings is 1. The number of amides is 1. The van der Waals surface area contributed by atoms with Crippen LogP contribution in [-0.2, 0) is 13.1 Å². The fourth-order valence-corrected chi connectivity index (χ4v) is 3.49. The number of fused-ring (bicyclic) bond motifs is 1. The van der Waals surface area contributed by atoms with E-state index in [1.165, 1.54) is 0 Å². The highest BCUT2D eigenvalue weighted by Gasteiger charge is 2.17. The SMILES string of the molecule is CCn1ncc2c(C(=O)NCc3ccc(OC)c(OC)c3)cc(-c3ccccc3)nc21. The maximum absolute atomic E-state index is 13.2. The van der Waals surface area contributed by atoms with Crippen LogP contribution in [0.4, 0.5) is 0 Å². The van der Waals surface area contributed by atoms with Gasteiger partial charge in [0.2, 0.25) is 0 Å². The van der Waals surface area contributed by atoms with Crippen molar-refractivity contribution in [1.82, 2.24) is 20.1 Å². The lowest BCUT2D eigenvalue weighted by Crippen LogP contribution is -2.23. The minimum absolute atomic E-state index is 0.185. The first-order valence-electron chi connectivity index (χ1n) is 10.1. The quantitative estimate of drug-likeness (QED) is 0.491. The summed E-state index contributed by atoms with van der Waals surface area (Å²) in [6.45, 7) is 3.02. The minimum atomic E-state index is -0.185. The average molecular weight is 416 g/mol. The number of methoxy groups -OCH3 is 2. The van der Waals surface area contributed by atoms with Crippen molar-refractivity contribution in [3.63, 3.8) is 0 Å². The van der Waals surface area contributed by atoms with Crippen molar-refractivity contribution in [2.24, 2.45) is 0 Å². The molecule has 2 aromatic heterocycles. The van der Waals surface area contributed by atoms with Gasteiger partial charge in [0, 0.05) is 18.7 Å². The van der Waals surface area contributed by atoms with Gasteiger partial charge in [0.25, 0.3) is 5.91 Å². The molecule has 0 aliphatic carbocycles. The fourth-order valence-electron chi connectivity index (χ4n) is 3.49. The van der Waals surface area contributed by atoms with Crippen LogP contribution in [0.5, 0.6) is 11.5 Å². The molecule has 1 N–H and O–H groups in total. The Morgan fingerprint density at radius 1 is 1.03 bits per heavy atom. The molecule has 0 atom stereocenters. The predicted octanol–water partition coefficient (Wildman–Crippen LogP) is 4.07. The van der Waals surface area contributed by atoms with E-state index in [-0.39, 0.29) is 5.91 Å². The van der Waals surface area contributed by atoms with Gasteiger partial charge in [0.05, 0.1) is 37.1 Å². The summed E-state index contributed by atoms with van der Waals surface area (Å²) in [7, 11) is 3.18. The first kappa shape index (κ1) is 20.4. The Morgan fingerprint density at radius 2 is 1.81 bits per heavy atom. The van der Waals surface area contributed by atoms with E-state index in [1.54, 1.807) is 25.1 Å². The average Bonchev–Trinajstić information content (AvgIpc) is 3.25. The molecule has 158 valence electrons. The van der Waals surface area contributed by atoms with Gasteiger partial charge in [-0.25, -0.2) is 9.67 Å². The molecule has 1 amide bonds. The Labute approximate surface area is 180 Å². The zero-order valence-corrected chi connectivity index (χ0v) is 17.8. The van der Waals surface area contributed by atoms with Crippen LogP contribution in [0.1, 0.15) is 22.8 Å². The molecule has 0 radical (unpaired) electrons. The summed E-state index contributed by atoms with van der Waals surface area (Å²) in [6.07, 6.45) is 1.70. The summed E-state index contributed by atoms with van der Waals surface area (Å²) in [5.74, 6) is 1.08. The highest BCUT2D eigenvalue weighted by atomic mass is 16.5. The van der Waals surface area contributed by atoms with Crippen LogP contribution in [0.2, 0.25) is 0 Å². The molecule has 7 nitrogen and oxygen atoms in total. The zero-order chi connectivity index (χ0) is 21.8.